The number of hydrogen-bond donors (Lipinski definition) is 2. The van der Waals surface area contributed by atoms with Crippen LogP contribution in [0.4, 0.5) is 0 Å². The number of rotatable bonds is 5. The predicted molar refractivity (Wildman–Crippen MR) is 66.4 cm³/mol. The van der Waals surface area contributed by atoms with Crippen molar-refractivity contribution in [2.24, 2.45) is 5.92 Å². The molecule has 2 heterocycles. The Morgan fingerprint density at radius 3 is 2.83 bits per heavy atom. The number of carboxylic acid groups (broad SMARTS) is 1. The van der Waals surface area contributed by atoms with E-state index in [9.17, 15) is 4.79 Å². The number of carbonyl (C=O) groups is 1. The van der Waals surface area contributed by atoms with Crippen LogP contribution in [-0.4, -0.2) is 35.8 Å². The zero-order chi connectivity index (χ0) is 12.8. The molecular weight excluding hydrogens is 232 g/mol. The first-order chi connectivity index (χ1) is 8.75. The van der Waals surface area contributed by atoms with Gasteiger partial charge in [0.25, 0.3) is 0 Å². The maximum atomic E-state index is 10.7. The van der Waals surface area contributed by atoms with Crippen molar-refractivity contribution in [3.8, 4) is 0 Å². The summed E-state index contributed by atoms with van der Waals surface area (Å²) >= 11 is 0. The van der Waals surface area contributed by atoms with Crippen molar-refractivity contribution in [2.75, 3.05) is 19.7 Å². The highest BCUT2D eigenvalue weighted by atomic mass is 16.5. The number of piperidine rings is 1. The van der Waals surface area contributed by atoms with E-state index in [2.05, 4.69) is 10.3 Å². The van der Waals surface area contributed by atoms with Crippen molar-refractivity contribution in [1.82, 2.24) is 10.3 Å². The Balaban J connectivity index is 1.74. The van der Waals surface area contributed by atoms with Gasteiger partial charge < -0.3 is 15.2 Å². The Kier molecular flexibility index (Phi) is 4.66. The number of pyridine rings is 1. The molecule has 5 heteroatoms. The Hall–Kier alpha value is -1.46. The van der Waals surface area contributed by atoms with Crippen LogP contribution < -0.4 is 5.32 Å². The van der Waals surface area contributed by atoms with Gasteiger partial charge in [-0.05, 0) is 44.0 Å². The number of nitrogens with zero attached hydrogens (tertiary/aromatic N) is 1. The summed E-state index contributed by atoms with van der Waals surface area (Å²) in [5, 5.41) is 12.1. The average molecular weight is 250 g/mol. The van der Waals surface area contributed by atoms with Gasteiger partial charge in [-0.3, -0.25) is 4.98 Å². The lowest BCUT2D eigenvalue weighted by Crippen LogP contribution is -2.29. The molecule has 0 saturated carbocycles. The molecule has 5 nitrogen and oxygen atoms in total. The second kappa shape index (κ2) is 6.47. The quantitative estimate of drug-likeness (QED) is 0.824. The molecule has 98 valence electrons. The predicted octanol–water partition coefficient (Wildman–Crippen LogP) is 1.30. The Bertz CT molecular complexity index is 386. The molecule has 2 N–H and O–H groups in total. The third-order valence-corrected chi connectivity index (χ3v) is 3.13. The lowest BCUT2D eigenvalue weighted by Gasteiger charge is -2.22. The van der Waals surface area contributed by atoms with E-state index in [4.69, 9.17) is 9.84 Å². The topological polar surface area (TPSA) is 71.5 Å². The number of carboxylic acids is 1. The first-order valence-corrected chi connectivity index (χ1v) is 6.22. The summed E-state index contributed by atoms with van der Waals surface area (Å²) in [6.45, 7) is 3.34. The zero-order valence-electron chi connectivity index (χ0n) is 10.3. The van der Waals surface area contributed by atoms with Crippen molar-refractivity contribution in [3.63, 3.8) is 0 Å². The van der Waals surface area contributed by atoms with Gasteiger partial charge in [-0.15, -0.1) is 0 Å². The molecule has 0 unspecified atom stereocenters. The molecule has 18 heavy (non-hydrogen) atoms. The smallest absolute Gasteiger partial charge is 0.337 e. The summed E-state index contributed by atoms with van der Waals surface area (Å²) in [5.74, 6) is -0.325. The maximum absolute atomic E-state index is 10.7. The molecule has 0 amide bonds. The van der Waals surface area contributed by atoms with E-state index in [1.54, 1.807) is 12.1 Å². The van der Waals surface area contributed by atoms with Crippen LogP contribution in [0.2, 0.25) is 0 Å². The fraction of sp³-hybridized carbons (Fsp3) is 0.538. The zero-order valence-corrected chi connectivity index (χ0v) is 10.3. The van der Waals surface area contributed by atoms with E-state index >= 15 is 0 Å². The molecule has 0 spiro atoms. The van der Waals surface area contributed by atoms with Crippen LogP contribution >= 0.6 is 0 Å². The van der Waals surface area contributed by atoms with Crippen LogP contribution in [0.5, 0.6) is 0 Å². The third kappa shape index (κ3) is 3.78. The molecule has 1 aromatic rings. The van der Waals surface area contributed by atoms with E-state index in [1.807, 2.05) is 0 Å². The standard InChI is InChI=1S/C13H18N2O3/c16-13(17)11-1-2-12(15-7-11)9-18-8-10-3-5-14-6-4-10/h1-2,7,10,14H,3-6,8-9H2,(H,16,17). The number of hydrogen-bond acceptors (Lipinski definition) is 4. The Labute approximate surface area is 106 Å². The first-order valence-electron chi connectivity index (χ1n) is 6.22. The fourth-order valence-corrected chi connectivity index (χ4v) is 2.01. The Morgan fingerprint density at radius 2 is 2.22 bits per heavy atom. The molecule has 0 bridgehead atoms. The van der Waals surface area contributed by atoms with Gasteiger partial charge in [0.15, 0.2) is 0 Å². The molecule has 0 aromatic carbocycles. The van der Waals surface area contributed by atoms with Gasteiger partial charge in [0.2, 0.25) is 0 Å². The normalized spacial score (nSPS) is 16.7. The molecule has 1 aliphatic rings. The van der Waals surface area contributed by atoms with Crippen molar-refractivity contribution >= 4 is 5.97 Å². The fourth-order valence-electron chi connectivity index (χ4n) is 2.01. The van der Waals surface area contributed by atoms with Gasteiger partial charge in [-0.25, -0.2) is 4.79 Å². The SMILES string of the molecule is O=C(O)c1ccc(COCC2CCNCC2)nc1. The van der Waals surface area contributed by atoms with Crippen LogP contribution in [0.15, 0.2) is 18.3 Å². The van der Waals surface area contributed by atoms with E-state index in [1.165, 1.54) is 6.20 Å². The van der Waals surface area contributed by atoms with Gasteiger partial charge in [0.1, 0.15) is 0 Å². The highest BCUT2D eigenvalue weighted by Crippen LogP contribution is 2.12. The van der Waals surface area contributed by atoms with Gasteiger partial charge in [-0.2, -0.15) is 0 Å². The third-order valence-electron chi connectivity index (χ3n) is 3.13. The summed E-state index contributed by atoms with van der Waals surface area (Å²) in [6, 6.07) is 3.25. The molecule has 0 radical (unpaired) electrons. The second-order valence-electron chi connectivity index (χ2n) is 4.55. The van der Waals surface area contributed by atoms with Gasteiger partial charge in [0.05, 0.1) is 24.5 Å². The monoisotopic (exact) mass is 250 g/mol. The van der Waals surface area contributed by atoms with Crippen molar-refractivity contribution in [1.29, 1.82) is 0 Å². The average Bonchev–Trinajstić information content (AvgIpc) is 2.40. The highest BCUT2D eigenvalue weighted by molar-refractivity contribution is 5.87. The van der Waals surface area contributed by atoms with Crippen molar-refractivity contribution < 1.29 is 14.6 Å². The molecule has 1 aromatic heterocycles. The van der Waals surface area contributed by atoms with Gasteiger partial charge >= 0.3 is 5.97 Å². The second-order valence-corrected chi connectivity index (χ2v) is 4.55. The summed E-state index contributed by atoms with van der Waals surface area (Å²) in [6.07, 6.45) is 3.68. The summed E-state index contributed by atoms with van der Waals surface area (Å²) in [7, 11) is 0. The van der Waals surface area contributed by atoms with Crippen molar-refractivity contribution in [3.05, 3.63) is 29.6 Å². The van der Waals surface area contributed by atoms with Gasteiger partial charge in [-0.1, -0.05) is 0 Å². The highest BCUT2D eigenvalue weighted by Gasteiger charge is 2.12. The van der Waals surface area contributed by atoms with E-state index in [0.29, 0.717) is 12.5 Å². The first kappa shape index (κ1) is 13.0. The number of aromatic carboxylic acids is 1. The molecule has 1 saturated heterocycles. The minimum Gasteiger partial charge on any atom is -0.478 e. The lowest BCUT2D eigenvalue weighted by atomic mass is 9.99. The van der Waals surface area contributed by atoms with E-state index in [0.717, 1.165) is 38.2 Å². The van der Waals surface area contributed by atoms with Crippen molar-refractivity contribution in [2.45, 2.75) is 19.4 Å². The Morgan fingerprint density at radius 1 is 1.44 bits per heavy atom. The molecule has 1 fully saturated rings. The lowest BCUT2D eigenvalue weighted by molar-refractivity contribution is 0.0693. The van der Waals surface area contributed by atoms with E-state index < -0.39 is 5.97 Å². The number of nitrogens with one attached hydrogen (secondary N) is 1. The molecular formula is C13H18N2O3. The molecule has 0 aliphatic carbocycles. The van der Waals surface area contributed by atoms with Crippen LogP contribution in [0.25, 0.3) is 0 Å². The largest absolute Gasteiger partial charge is 0.478 e. The van der Waals surface area contributed by atoms with Crippen LogP contribution in [0.1, 0.15) is 28.9 Å². The summed E-state index contributed by atoms with van der Waals surface area (Å²) < 4.78 is 5.62. The minimum atomic E-state index is -0.954. The molecule has 2 rings (SSSR count). The maximum Gasteiger partial charge on any atom is 0.337 e. The number of aromatic nitrogens is 1. The number of ether oxygens (including phenoxy) is 1. The summed E-state index contributed by atoms with van der Waals surface area (Å²) in [5.41, 5.74) is 0.978. The van der Waals surface area contributed by atoms with Crippen LogP contribution in [0.3, 0.4) is 0 Å². The minimum absolute atomic E-state index is 0.206. The molecule has 0 atom stereocenters. The molecule has 1 aliphatic heterocycles. The van der Waals surface area contributed by atoms with Gasteiger partial charge in [0, 0.05) is 6.20 Å². The summed E-state index contributed by atoms with van der Waals surface area (Å²) in [4.78, 5) is 14.7. The van der Waals surface area contributed by atoms with E-state index in [-0.39, 0.29) is 5.56 Å². The van der Waals surface area contributed by atoms with Crippen LogP contribution in [-0.2, 0) is 11.3 Å². The van der Waals surface area contributed by atoms with Crippen LogP contribution in [0, 0.1) is 5.92 Å².